The molecule has 2 rings (SSSR count). The summed E-state index contributed by atoms with van der Waals surface area (Å²) in [5.41, 5.74) is 2.35. The Balaban J connectivity index is 2.75. The van der Waals surface area contributed by atoms with E-state index in [0.717, 1.165) is 5.69 Å². The highest BCUT2D eigenvalue weighted by Gasteiger charge is 2.17. The van der Waals surface area contributed by atoms with E-state index in [1.807, 2.05) is 26.8 Å². The lowest BCUT2D eigenvalue weighted by Gasteiger charge is -2.04. The summed E-state index contributed by atoms with van der Waals surface area (Å²) >= 11 is 0. The van der Waals surface area contributed by atoms with E-state index in [9.17, 15) is 9.90 Å². The van der Waals surface area contributed by atoms with Crippen molar-refractivity contribution in [2.75, 3.05) is 0 Å². The summed E-state index contributed by atoms with van der Waals surface area (Å²) < 4.78 is 1.43. The van der Waals surface area contributed by atoms with Gasteiger partial charge in [-0.1, -0.05) is 20.8 Å². The van der Waals surface area contributed by atoms with Crippen molar-refractivity contribution in [1.82, 2.24) is 14.6 Å². The van der Waals surface area contributed by atoms with Gasteiger partial charge in [-0.05, 0) is 12.3 Å². The summed E-state index contributed by atoms with van der Waals surface area (Å²) in [6.07, 6.45) is 2.24. The average Bonchev–Trinajstić information content (AvgIpc) is 2.70. The molecule has 5 heteroatoms. The van der Waals surface area contributed by atoms with Crippen LogP contribution in [0, 0.1) is 0 Å². The lowest BCUT2D eigenvalue weighted by atomic mass is 10.1. The van der Waals surface area contributed by atoms with Crippen LogP contribution in [-0.4, -0.2) is 25.7 Å². The Morgan fingerprint density at radius 1 is 1.53 bits per heavy atom. The average molecular weight is 233 g/mol. The molecule has 0 saturated heterocycles. The molecule has 0 radical (unpaired) electrons. The molecule has 0 atom stereocenters. The molecule has 0 unspecified atom stereocenters. The topological polar surface area (TPSA) is 67.5 Å². The first-order valence-corrected chi connectivity index (χ1v) is 5.65. The number of carboxylic acid groups (broad SMARTS) is 1. The van der Waals surface area contributed by atoms with Gasteiger partial charge in [0, 0.05) is 17.8 Å². The Morgan fingerprint density at radius 2 is 2.24 bits per heavy atom. The number of carbonyl (C=O) groups is 1. The predicted octanol–water partition coefficient (Wildman–Crippen LogP) is 2.11. The van der Waals surface area contributed by atoms with E-state index in [0.29, 0.717) is 17.6 Å². The molecule has 2 heterocycles. The van der Waals surface area contributed by atoms with E-state index in [1.54, 1.807) is 6.20 Å². The molecule has 0 aliphatic heterocycles. The van der Waals surface area contributed by atoms with Crippen molar-refractivity contribution in [3.05, 3.63) is 29.2 Å². The van der Waals surface area contributed by atoms with Crippen LogP contribution in [0.1, 0.15) is 48.4 Å². The SMILES string of the molecule is CCc1cnc2cc(C(C)C)nn2c1C(=O)O. The number of rotatable bonds is 3. The summed E-state index contributed by atoms with van der Waals surface area (Å²) in [7, 11) is 0. The molecular weight excluding hydrogens is 218 g/mol. The van der Waals surface area contributed by atoms with Gasteiger partial charge in [-0.2, -0.15) is 5.10 Å². The molecule has 0 aromatic carbocycles. The van der Waals surface area contributed by atoms with Crippen molar-refractivity contribution >= 4 is 11.6 Å². The molecule has 0 spiro atoms. The fraction of sp³-hybridized carbons (Fsp3) is 0.417. The van der Waals surface area contributed by atoms with Crippen molar-refractivity contribution in [2.45, 2.75) is 33.1 Å². The number of nitrogens with zero attached hydrogens (tertiary/aromatic N) is 3. The van der Waals surface area contributed by atoms with Crippen molar-refractivity contribution in [3.8, 4) is 0 Å². The minimum Gasteiger partial charge on any atom is -0.476 e. The summed E-state index contributed by atoms with van der Waals surface area (Å²) in [5, 5.41) is 13.6. The molecule has 2 aromatic rings. The smallest absolute Gasteiger partial charge is 0.354 e. The third-order valence-electron chi connectivity index (χ3n) is 2.75. The van der Waals surface area contributed by atoms with Crippen LogP contribution in [0.25, 0.3) is 5.65 Å². The maximum atomic E-state index is 11.3. The Bertz CT molecular complexity index is 572. The van der Waals surface area contributed by atoms with Crippen molar-refractivity contribution in [3.63, 3.8) is 0 Å². The van der Waals surface area contributed by atoms with Crippen LogP contribution in [0.5, 0.6) is 0 Å². The van der Waals surface area contributed by atoms with Crippen LogP contribution in [0.3, 0.4) is 0 Å². The molecule has 2 aromatic heterocycles. The number of aromatic nitrogens is 3. The number of aryl methyl sites for hydroxylation is 1. The zero-order valence-electron chi connectivity index (χ0n) is 10.1. The first kappa shape index (κ1) is 11.6. The number of carboxylic acids is 1. The molecule has 0 aliphatic carbocycles. The van der Waals surface area contributed by atoms with E-state index >= 15 is 0 Å². The third kappa shape index (κ3) is 1.88. The number of hydrogen-bond donors (Lipinski definition) is 1. The normalized spacial score (nSPS) is 11.3. The molecule has 5 nitrogen and oxygen atoms in total. The van der Waals surface area contributed by atoms with Gasteiger partial charge in [0.15, 0.2) is 11.3 Å². The number of fused-ring (bicyclic) bond motifs is 1. The highest BCUT2D eigenvalue weighted by molar-refractivity contribution is 5.88. The monoisotopic (exact) mass is 233 g/mol. The molecular formula is C12H15N3O2. The second-order valence-corrected chi connectivity index (χ2v) is 4.28. The Morgan fingerprint density at radius 3 is 2.76 bits per heavy atom. The van der Waals surface area contributed by atoms with E-state index in [-0.39, 0.29) is 11.6 Å². The first-order chi connectivity index (χ1) is 8.04. The maximum Gasteiger partial charge on any atom is 0.354 e. The Labute approximate surface area is 99.1 Å². The van der Waals surface area contributed by atoms with Gasteiger partial charge in [0.2, 0.25) is 0 Å². The van der Waals surface area contributed by atoms with Gasteiger partial charge in [0.1, 0.15) is 0 Å². The van der Waals surface area contributed by atoms with E-state index in [1.165, 1.54) is 4.52 Å². The van der Waals surface area contributed by atoms with E-state index < -0.39 is 5.97 Å². The zero-order chi connectivity index (χ0) is 12.6. The van der Waals surface area contributed by atoms with Gasteiger partial charge in [0.25, 0.3) is 0 Å². The molecule has 0 aliphatic rings. The minimum absolute atomic E-state index is 0.212. The molecule has 0 bridgehead atoms. The summed E-state index contributed by atoms with van der Waals surface area (Å²) in [4.78, 5) is 15.5. The minimum atomic E-state index is -0.965. The van der Waals surface area contributed by atoms with Crippen LogP contribution in [-0.2, 0) is 6.42 Å². The first-order valence-electron chi connectivity index (χ1n) is 5.65. The highest BCUT2D eigenvalue weighted by Crippen LogP contribution is 2.17. The summed E-state index contributed by atoms with van der Waals surface area (Å²) in [6.45, 7) is 5.94. The quantitative estimate of drug-likeness (QED) is 0.881. The Hall–Kier alpha value is -1.91. The van der Waals surface area contributed by atoms with Crippen molar-refractivity contribution < 1.29 is 9.90 Å². The van der Waals surface area contributed by atoms with Gasteiger partial charge in [-0.15, -0.1) is 0 Å². The molecule has 0 saturated carbocycles. The number of hydrogen-bond acceptors (Lipinski definition) is 3. The largest absolute Gasteiger partial charge is 0.476 e. The zero-order valence-corrected chi connectivity index (χ0v) is 10.1. The van der Waals surface area contributed by atoms with Crippen molar-refractivity contribution in [1.29, 1.82) is 0 Å². The second-order valence-electron chi connectivity index (χ2n) is 4.28. The fourth-order valence-corrected chi connectivity index (χ4v) is 1.76. The third-order valence-corrected chi connectivity index (χ3v) is 2.75. The van der Waals surface area contributed by atoms with Crippen LogP contribution in [0.15, 0.2) is 12.3 Å². The van der Waals surface area contributed by atoms with E-state index in [2.05, 4.69) is 10.1 Å². The standard InChI is InChI=1S/C12H15N3O2/c1-4-8-6-13-10-5-9(7(2)3)14-15(10)11(8)12(16)17/h5-7H,4H2,1-3H3,(H,16,17). The molecule has 0 fully saturated rings. The fourth-order valence-electron chi connectivity index (χ4n) is 1.76. The van der Waals surface area contributed by atoms with Gasteiger partial charge in [-0.25, -0.2) is 14.3 Å². The van der Waals surface area contributed by atoms with Gasteiger partial charge >= 0.3 is 5.97 Å². The lowest BCUT2D eigenvalue weighted by molar-refractivity contribution is 0.0686. The van der Waals surface area contributed by atoms with Crippen LogP contribution in [0.2, 0.25) is 0 Å². The van der Waals surface area contributed by atoms with Gasteiger partial charge < -0.3 is 5.11 Å². The summed E-state index contributed by atoms with van der Waals surface area (Å²) in [5.74, 6) is -0.712. The number of aromatic carboxylic acids is 1. The molecule has 1 N–H and O–H groups in total. The summed E-state index contributed by atoms with van der Waals surface area (Å²) in [6, 6.07) is 1.83. The molecule has 0 amide bonds. The molecule has 90 valence electrons. The molecule has 17 heavy (non-hydrogen) atoms. The van der Waals surface area contributed by atoms with Gasteiger partial charge in [-0.3, -0.25) is 0 Å². The predicted molar refractivity (Wildman–Crippen MR) is 63.4 cm³/mol. The Kier molecular flexibility index (Phi) is 2.83. The van der Waals surface area contributed by atoms with Crippen LogP contribution in [0.4, 0.5) is 0 Å². The maximum absolute atomic E-state index is 11.3. The van der Waals surface area contributed by atoms with Crippen LogP contribution < -0.4 is 0 Å². The second kappa shape index (κ2) is 4.16. The highest BCUT2D eigenvalue weighted by atomic mass is 16.4. The van der Waals surface area contributed by atoms with Crippen LogP contribution >= 0.6 is 0 Å². The van der Waals surface area contributed by atoms with E-state index in [4.69, 9.17) is 0 Å². The van der Waals surface area contributed by atoms with Crippen molar-refractivity contribution in [2.24, 2.45) is 0 Å². The van der Waals surface area contributed by atoms with Gasteiger partial charge in [0.05, 0.1) is 5.69 Å². The lowest BCUT2D eigenvalue weighted by Crippen LogP contribution is -2.11.